The molecule has 0 bridgehead atoms. The summed E-state index contributed by atoms with van der Waals surface area (Å²) in [6, 6.07) is 0. The van der Waals surface area contributed by atoms with E-state index in [0.29, 0.717) is 0 Å². The number of hydrogen-bond donors (Lipinski definition) is 1. The van der Waals surface area contributed by atoms with Gasteiger partial charge in [0.05, 0.1) is 6.34 Å². The molecule has 0 radical (unpaired) electrons. The van der Waals surface area contributed by atoms with Crippen molar-refractivity contribution < 1.29 is 0 Å². The molecule has 4 heteroatoms. The molecule has 0 atom stereocenters. The number of rotatable bonds is 1. The molecule has 13 heavy (non-hydrogen) atoms. The van der Waals surface area contributed by atoms with Crippen LogP contribution in [0.3, 0.4) is 0 Å². The maximum atomic E-state index is 5.22. The van der Waals surface area contributed by atoms with E-state index in [0.717, 1.165) is 17.3 Å². The highest BCUT2D eigenvalue weighted by molar-refractivity contribution is 5.54. The van der Waals surface area contributed by atoms with Crippen molar-refractivity contribution in [3.63, 3.8) is 0 Å². The van der Waals surface area contributed by atoms with Gasteiger partial charge in [-0.1, -0.05) is 13.2 Å². The predicted octanol–water partition coefficient (Wildman–Crippen LogP) is 0.677. The van der Waals surface area contributed by atoms with Gasteiger partial charge < -0.3 is 15.5 Å². The van der Waals surface area contributed by atoms with Crippen LogP contribution in [0.15, 0.2) is 41.6 Å². The highest BCUT2D eigenvalue weighted by atomic mass is 15.4. The molecule has 1 aliphatic rings. The summed E-state index contributed by atoms with van der Waals surface area (Å²) < 4.78 is 0. The summed E-state index contributed by atoms with van der Waals surface area (Å²) in [6.07, 6.45) is 3.10. The topological polar surface area (TPSA) is 44.9 Å². The normalized spacial score (nSPS) is 18.5. The van der Waals surface area contributed by atoms with E-state index in [4.69, 9.17) is 5.73 Å². The van der Waals surface area contributed by atoms with E-state index in [1.54, 1.807) is 0 Å². The van der Waals surface area contributed by atoms with Crippen LogP contribution in [0.5, 0.6) is 0 Å². The van der Waals surface area contributed by atoms with E-state index < -0.39 is 0 Å². The monoisotopic (exact) mass is 178 g/mol. The average Bonchev–Trinajstić information content (AvgIpc) is 2.11. The summed E-state index contributed by atoms with van der Waals surface area (Å²) in [5, 5.41) is 0. The predicted molar refractivity (Wildman–Crippen MR) is 54.6 cm³/mol. The number of nitrogens with zero attached hydrogens (tertiary/aromatic N) is 3. The van der Waals surface area contributed by atoms with Gasteiger partial charge in [-0.05, 0) is 0 Å². The van der Waals surface area contributed by atoms with Crippen LogP contribution in [0.4, 0.5) is 0 Å². The largest absolute Gasteiger partial charge is 0.390 e. The third-order valence-electron chi connectivity index (χ3n) is 2.05. The maximum absolute atomic E-state index is 5.22. The Morgan fingerprint density at radius 3 is 2.54 bits per heavy atom. The molecule has 0 aromatic carbocycles. The molecule has 0 aromatic rings. The van der Waals surface area contributed by atoms with Crippen molar-refractivity contribution in [3.05, 3.63) is 36.6 Å². The molecule has 2 N–H and O–H groups in total. The summed E-state index contributed by atoms with van der Waals surface area (Å²) in [5.74, 6) is 1.57. The van der Waals surface area contributed by atoms with Crippen LogP contribution < -0.4 is 5.73 Å². The average molecular weight is 178 g/mol. The molecule has 1 rings (SSSR count). The lowest BCUT2D eigenvalue weighted by Crippen LogP contribution is -2.32. The van der Waals surface area contributed by atoms with Gasteiger partial charge in [0.1, 0.15) is 11.6 Å². The number of hydrogen-bond acceptors (Lipinski definition) is 3. The Hall–Kier alpha value is -1.71. The minimum absolute atomic E-state index is 0.746. The van der Waals surface area contributed by atoms with Gasteiger partial charge in [0, 0.05) is 25.9 Å². The lowest BCUT2D eigenvalue weighted by atomic mass is 10.3. The molecule has 0 unspecified atom stereocenters. The van der Waals surface area contributed by atoms with Crippen LogP contribution in [0.2, 0.25) is 0 Å². The Labute approximate surface area is 78.3 Å². The van der Waals surface area contributed by atoms with Crippen molar-refractivity contribution >= 4 is 6.34 Å². The Morgan fingerprint density at radius 1 is 1.38 bits per heavy atom. The van der Waals surface area contributed by atoms with E-state index in [1.165, 1.54) is 6.34 Å². The SMILES string of the molecule is C=C1C=C(/N=C/N)N(C)C(=C)N1C. The Bertz CT molecular complexity index is 301. The van der Waals surface area contributed by atoms with Crippen molar-refractivity contribution in [2.45, 2.75) is 0 Å². The second-order valence-corrected chi connectivity index (χ2v) is 2.81. The van der Waals surface area contributed by atoms with Crippen molar-refractivity contribution in [3.8, 4) is 0 Å². The van der Waals surface area contributed by atoms with Crippen molar-refractivity contribution in [1.82, 2.24) is 9.80 Å². The third kappa shape index (κ3) is 1.56. The minimum Gasteiger partial charge on any atom is -0.390 e. The molecule has 1 heterocycles. The van der Waals surface area contributed by atoms with Gasteiger partial charge in [0.25, 0.3) is 0 Å². The van der Waals surface area contributed by atoms with Crippen LogP contribution in [0, 0.1) is 0 Å². The third-order valence-corrected chi connectivity index (χ3v) is 2.05. The minimum atomic E-state index is 0.746. The number of allylic oxidation sites excluding steroid dienone is 1. The van der Waals surface area contributed by atoms with Gasteiger partial charge in [0.15, 0.2) is 0 Å². The molecule has 1 aliphatic heterocycles. The van der Waals surface area contributed by atoms with Crippen LogP contribution in [0.1, 0.15) is 0 Å². The molecule has 0 saturated heterocycles. The van der Waals surface area contributed by atoms with Crippen LogP contribution in [0.25, 0.3) is 0 Å². The van der Waals surface area contributed by atoms with E-state index >= 15 is 0 Å². The zero-order chi connectivity index (χ0) is 10.0. The summed E-state index contributed by atoms with van der Waals surface area (Å²) in [6.45, 7) is 7.75. The number of aliphatic imine (C=N–C) groups is 1. The molecular formula is C9H14N4. The zero-order valence-electron chi connectivity index (χ0n) is 7.99. The van der Waals surface area contributed by atoms with Crippen molar-refractivity contribution in [1.29, 1.82) is 0 Å². The first kappa shape index (κ1) is 9.38. The van der Waals surface area contributed by atoms with Gasteiger partial charge in [0.2, 0.25) is 0 Å². The maximum Gasteiger partial charge on any atom is 0.137 e. The summed E-state index contributed by atoms with van der Waals surface area (Å²) in [5.41, 5.74) is 6.07. The summed E-state index contributed by atoms with van der Waals surface area (Å²) in [7, 11) is 3.78. The molecule has 0 amide bonds. The van der Waals surface area contributed by atoms with E-state index in [1.807, 2.05) is 30.0 Å². The van der Waals surface area contributed by atoms with E-state index in [2.05, 4.69) is 18.2 Å². The van der Waals surface area contributed by atoms with Crippen molar-refractivity contribution in [2.75, 3.05) is 14.1 Å². The Balaban J connectivity index is 3.04. The standard InChI is InChI=1S/C9H14N4/c1-7-5-9(11-6-10)13(4)8(2)12(7)3/h5-6H,1-2H2,3-4H3,(H2,10,11). The van der Waals surface area contributed by atoms with Gasteiger partial charge in [-0.25, -0.2) is 4.99 Å². The van der Waals surface area contributed by atoms with Crippen LogP contribution in [-0.2, 0) is 0 Å². The zero-order valence-corrected chi connectivity index (χ0v) is 7.99. The van der Waals surface area contributed by atoms with Crippen LogP contribution in [-0.4, -0.2) is 30.2 Å². The first-order valence-electron chi connectivity index (χ1n) is 3.89. The lowest BCUT2D eigenvalue weighted by Gasteiger charge is -2.34. The van der Waals surface area contributed by atoms with Gasteiger partial charge in [-0.3, -0.25) is 0 Å². The molecule has 4 nitrogen and oxygen atoms in total. The smallest absolute Gasteiger partial charge is 0.137 e. The van der Waals surface area contributed by atoms with Crippen molar-refractivity contribution in [2.24, 2.45) is 10.7 Å². The van der Waals surface area contributed by atoms with Crippen LogP contribution >= 0.6 is 0 Å². The highest BCUT2D eigenvalue weighted by Crippen LogP contribution is 2.23. The number of likely N-dealkylation sites (N-methyl/N-ethyl adjacent to an activating group) is 1. The first-order valence-corrected chi connectivity index (χ1v) is 3.89. The molecule has 70 valence electrons. The molecule has 0 spiro atoms. The summed E-state index contributed by atoms with van der Waals surface area (Å²) in [4.78, 5) is 7.72. The van der Waals surface area contributed by atoms with Gasteiger partial charge in [-0.2, -0.15) is 0 Å². The molecule has 0 fully saturated rings. The second-order valence-electron chi connectivity index (χ2n) is 2.81. The number of nitrogens with two attached hydrogens (primary N) is 1. The fourth-order valence-corrected chi connectivity index (χ4v) is 1.07. The van der Waals surface area contributed by atoms with Gasteiger partial charge >= 0.3 is 0 Å². The fourth-order valence-electron chi connectivity index (χ4n) is 1.07. The molecular weight excluding hydrogens is 164 g/mol. The van der Waals surface area contributed by atoms with Gasteiger partial charge in [-0.15, -0.1) is 0 Å². The van der Waals surface area contributed by atoms with E-state index in [9.17, 15) is 0 Å². The molecule has 0 aromatic heterocycles. The Morgan fingerprint density at radius 2 is 2.00 bits per heavy atom. The first-order chi connectivity index (χ1) is 6.07. The summed E-state index contributed by atoms with van der Waals surface area (Å²) >= 11 is 0. The Kier molecular flexibility index (Phi) is 2.41. The quantitative estimate of drug-likeness (QED) is 0.474. The lowest BCUT2D eigenvalue weighted by molar-refractivity contribution is 0.341. The molecule has 0 saturated carbocycles. The highest BCUT2D eigenvalue weighted by Gasteiger charge is 2.18. The fraction of sp³-hybridized carbons (Fsp3) is 0.222. The van der Waals surface area contributed by atoms with E-state index in [-0.39, 0.29) is 0 Å². The second kappa shape index (κ2) is 3.35. The molecule has 0 aliphatic carbocycles.